The van der Waals surface area contributed by atoms with E-state index in [1.54, 1.807) is 11.3 Å². The molecule has 2 aromatic rings. The number of hydrogen-bond donors (Lipinski definition) is 1. The molecule has 0 amide bonds. The number of nitrogens with one attached hydrogen (secondary N) is 1. The first-order valence-corrected chi connectivity index (χ1v) is 6.39. The standard InChI is InChI=1S/C13H10N2S2/c14-8-10-3-5-11(6-4-10)9-15-13(16)12-2-1-7-17-12/h1-7H,9H2,(H,15,16). The van der Waals surface area contributed by atoms with Crippen molar-refractivity contribution >= 4 is 28.5 Å². The maximum atomic E-state index is 8.69. The van der Waals surface area contributed by atoms with E-state index in [0.29, 0.717) is 12.1 Å². The van der Waals surface area contributed by atoms with Crippen molar-refractivity contribution in [1.82, 2.24) is 5.32 Å². The Morgan fingerprint density at radius 2 is 2.06 bits per heavy atom. The van der Waals surface area contributed by atoms with E-state index in [-0.39, 0.29) is 0 Å². The third kappa shape index (κ3) is 3.13. The minimum Gasteiger partial charge on any atom is -0.371 e. The molecule has 0 aliphatic rings. The normalized spacial score (nSPS) is 9.59. The highest BCUT2D eigenvalue weighted by atomic mass is 32.1. The lowest BCUT2D eigenvalue weighted by molar-refractivity contribution is 0.930. The highest BCUT2D eigenvalue weighted by Gasteiger charge is 2.01. The van der Waals surface area contributed by atoms with Gasteiger partial charge in [0.25, 0.3) is 0 Å². The van der Waals surface area contributed by atoms with Crippen LogP contribution in [-0.2, 0) is 6.54 Å². The molecule has 1 aromatic carbocycles. The molecule has 0 unspecified atom stereocenters. The van der Waals surface area contributed by atoms with Gasteiger partial charge in [0.1, 0.15) is 4.99 Å². The second-order valence-corrected chi connectivity index (χ2v) is 4.82. The second kappa shape index (κ2) is 5.58. The van der Waals surface area contributed by atoms with Gasteiger partial charge in [-0.1, -0.05) is 30.4 Å². The number of rotatable bonds is 3. The van der Waals surface area contributed by atoms with Crippen molar-refractivity contribution in [3.63, 3.8) is 0 Å². The topological polar surface area (TPSA) is 35.8 Å². The van der Waals surface area contributed by atoms with Crippen LogP contribution in [0.4, 0.5) is 0 Å². The number of nitriles is 1. The van der Waals surface area contributed by atoms with Crippen LogP contribution in [-0.4, -0.2) is 4.99 Å². The largest absolute Gasteiger partial charge is 0.371 e. The molecule has 84 valence electrons. The number of benzene rings is 1. The van der Waals surface area contributed by atoms with Crippen LogP contribution in [0.1, 0.15) is 16.0 Å². The molecule has 0 saturated heterocycles. The van der Waals surface area contributed by atoms with Gasteiger partial charge in [-0.3, -0.25) is 0 Å². The van der Waals surface area contributed by atoms with E-state index in [4.69, 9.17) is 17.5 Å². The number of thiocarbonyl (C=S) groups is 1. The summed E-state index contributed by atoms with van der Waals surface area (Å²) < 4.78 is 0. The third-order valence-corrected chi connectivity index (χ3v) is 3.66. The summed E-state index contributed by atoms with van der Waals surface area (Å²) in [5.41, 5.74) is 1.79. The molecular formula is C13H10N2S2. The lowest BCUT2D eigenvalue weighted by atomic mass is 10.1. The molecule has 0 bridgehead atoms. The van der Waals surface area contributed by atoms with Gasteiger partial charge in [0.05, 0.1) is 16.5 Å². The first kappa shape index (κ1) is 11.8. The molecule has 2 rings (SSSR count). The van der Waals surface area contributed by atoms with E-state index in [0.717, 1.165) is 15.4 Å². The highest BCUT2D eigenvalue weighted by molar-refractivity contribution is 7.81. The monoisotopic (exact) mass is 258 g/mol. The van der Waals surface area contributed by atoms with E-state index in [9.17, 15) is 0 Å². The molecule has 1 N–H and O–H groups in total. The zero-order valence-electron chi connectivity index (χ0n) is 9.01. The van der Waals surface area contributed by atoms with Crippen LogP contribution in [0.2, 0.25) is 0 Å². The predicted octanol–water partition coefficient (Wildman–Crippen LogP) is 3.09. The summed E-state index contributed by atoms with van der Waals surface area (Å²) in [5.74, 6) is 0. The zero-order valence-corrected chi connectivity index (χ0v) is 10.6. The molecular weight excluding hydrogens is 248 g/mol. The molecule has 0 fully saturated rings. The molecule has 0 spiro atoms. The smallest absolute Gasteiger partial charge is 0.116 e. The Bertz CT molecular complexity index is 536. The summed E-state index contributed by atoms with van der Waals surface area (Å²) in [6.07, 6.45) is 0. The molecule has 2 nitrogen and oxygen atoms in total. The lowest BCUT2D eigenvalue weighted by Crippen LogP contribution is -2.20. The third-order valence-electron chi connectivity index (χ3n) is 2.28. The quantitative estimate of drug-likeness (QED) is 0.859. The van der Waals surface area contributed by atoms with Gasteiger partial charge >= 0.3 is 0 Å². The van der Waals surface area contributed by atoms with Gasteiger partial charge in [-0.2, -0.15) is 5.26 Å². The van der Waals surface area contributed by atoms with Crippen LogP contribution in [0.3, 0.4) is 0 Å². The summed E-state index contributed by atoms with van der Waals surface area (Å²) in [5, 5.41) is 13.9. The Balaban J connectivity index is 1.94. The van der Waals surface area contributed by atoms with E-state index < -0.39 is 0 Å². The van der Waals surface area contributed by atoms with Gasteiger partial charge in [0, 0.05) is 6.54 Å². The Morgan fingerprint density at radius 1 is 1.29 bits per heavy atom. The first-order valence-electron chi connectivity index (χ1n) is 5.10. The van der Waals surface area contributed by atoms with Gasteiger partial charge in [-0.05, 0) is 29.1 Å². The maximum Gasteiger partial charge on any atom is 0.116 e. The molecule has 1 aromatic heterocycles. The molecule has 0 saturated carbocycles. The van der Waals surface area contributed by atoms with Gasteiger partial charge in [0.2, 0.25) is 0 Å². The fourth-order valence-electron chi connectivity index (χ4n) is 1.37. The lowest BCUT2D eigenvalue weighted by Gasteiger charge is -2.06. The van der Waals surface area contributed by atoms with Gasteiger partial charge in [0.15, 0.2) is 0 Å². The zero-order chi connectivity index (χ0) is 12.1. The summed E-state index contributed by atoms with van der Waals surface area (Å²) in [4.78, 5) is 1.85. The average molecular weight is 258 g/mol. The van der Waals surface area contributed by atoms with Crippen LogP contribution in [0.25, 0.3) is 0 Å². The number of thiophene rings is 1. The molecule has 1 heterocycles. The first-order chi connectivity index (χ1) is 8.29. The van der Waals surface area contributed by atoms with Crippen molar-refractivity contribution in [3.05, 3.63) is 57.8 Å². The van der Waals surface area contributed by atoms with Crippen molar-refractivity contribution in [2.45, 2.75) is 6.54 Å². The molecule has 4 heteroatoms. The van der Waals surface area contributed by atoms with Gasteiger partial charge in [-0.25, -0.2) is 0 Å². The average Bonchev–Trinajstić information content (AvgIpc) is 2.90. The van der Waals surface area contributed by atoms with Crippen molar-refractivity contribution in [2.75, 3.05) is 0 Å². The Hall–Kier alpha value is -1.70. The Morgan fingerprint density at radius 3 is 2.65 bits per heavy atom. The van der Waals surface area contributed by atoms with E-state index >= 15 is 0 Å². The van der Waals surface area contributed by atoms with E-state index in [1.165, 1.54) is 0 Å². The summed E-state index contributed by atoms with van der Waals surface area (Å²) >= 11 is 6.89. The maximum absolute atomic E-state index is 8.69. The fourth-order valence-corrected chi connectivity index (χ4v) is 2.30. The second-order valence-electron chi connectivity index (χ2n) is 3.47. The van der Waals surface area contributed by atoms with Crippen LogP contribution in [0.15, 0.2) is 41.8 Å². The van der Waals surface area contributed by atoms with Crippen molar-refractivity contribution in [2.24, 2.45) is 0 Å². The molecule has 0 aliphatic carbocycles. The van der Waals surface area contributed by atoms with Crippen molar-refractivity contribution < 1.29 is 0 Å². The highest BCUT2D eigenvalue weighted by Crippen LogP contribution is 2.09. The van der Waals surface area contributed by atoms with Crippen molar-refractivity contribution in [3.8, 4) is 6.07 Å². The summed E-state index contributed by atoms with van der Waals surface area (Å²) in [6.45, 7) is 0.683. The Kier molecular flexibility index (Phi) is 3.86. The van der Waals surface area contributed by atoms with Crippen LogP contribution in [0.5, 0.6) is 0 Å². The van der Waals surface area contributed by atoms with E-state index in [2.05, 4.69) is 11.4 Å². The van der Waals surface area contributed by atoms with Crippen LogP contribution in [0, 0.1) is 11.3 Å². The van der Waals surface area contributed by atoms with Crippen LogP contribution >= 0.6 is 23.6 Å². The number of hydrogen-bond acceptors (Lipinski definition) is 3. The van der Waals surface area contributed by atoms with Crippen molar-refractivity contribution in [1.29, 1.82) is 5.26 Å². The molecule has 0 atom stereocenters. The predicted molar refractivity (Wildman–Crippen MR) is 74.0 cm³/mol. The van der Waals surface area contributed by atoms with Crippen LogP contribution < -0.4 is 5.32 Å². The van der Waals surface area contributed by atoms with Gasteiger partial charge < -0.3 is 5.32 Å². The fraction of sp³-hybridized carbons (Fsp3) is 0.0769. The minimum absolute atomic E-state index is 0.676. The molecule has 0 radical (unpaired) electrons. The van der Waals surface area contributed by atoms with Gasteiger partial charge in [-0.15, -0.1) is 11.3 Å². The summed E-state index contributed by atoms with van der Waals surface area (Å²) in [7, 11) is 0. The molecule has 0 aliphatic heterocycles. The SMILES string of the molecule is N#Cc1ccc(CNC(=S)c2cccs2)cc1. The Labute approximate surface area is 110 Å². The number of nitrogens with zero attached hydrogens (tertiary/aromatic N) is 1. The van der Waals surface area contributed by atoms with E-state index in [1.807, 2.05) is 41.8 Å². The molecule has 17 heavy (non-hydrogen) atoms. The minimum atomic E-state index is 0.676. The summed E-state index contributed by atoms with van der Waals surface area (Å²) in [6, 6.07) is 13.6.